The molecule has 4 atom stereocenters. The van der Waals surface area contributed by atoms with E-state index >= 15 is 0 Å². The zero-order valence-electron chi connectivity index (χ0n) is 28.7. The predicted octanol–water partition coefficient (Wildman–Crippen LogP) is 4.85. The van der Waals surface area contributed by atoms with Crippen LogP contribution in [0.3, 0.4) is 0 Å². The third kappa shape index (κ3) is 7.93. The van der Waals surface area contributed by atoms with Crippen LogP contribution in [0.15, 0.2) is 66.7 Å². The van der Waals surface area contributed by atoms with E-state index in [4.69, 9.17) is 23.2 Å². The molecule has 3 fully saturated rings. The maximum atomic E-state index is 13.9. The molecule has 10 nitrogen and oxygen atoms in total. The monoisotopic (exact) mass is 718 g/mol. The Balaban J connectivity index is 1.10. The fourth-order valence-electron chi connectivity index (χ4n) is 7.71. The summed E-state index contributed by atoms with van der Waals surface area (Å²) in [6.07, 6.45) is 1.56. The van der Waals surface area contributed by atoms with Crippen LogP contribution in [0.4, 0.5) is 4.79 Å². The Kier molecular flexibility index (Phi) is 11.0. The van der Waals surface area contributed by atoms with Crippen molar-refractivity contribution in [3.8, 4) is 0 Å². The van der Waals surface area contributed by atoms with Gasteiger partial charge in [-0.25, -0.2) is 4.79 Å². The Morgan fingerprint density at radius 3 is 2.24 bits per heavy atom. The standard InChI is InChI=1S/C38H44Cl2N6O4/c1-24-15-25(2)17-28(16-24)36(48)44-13-14-45(34(23-44)27-9-10-31(39)32(40)19-27)35(47)11-12-43-21-30-20-29(43)22-46(30)37(49)33(42-38(50)41-3)18-26-7-5-4-6-8-26/h4-10,15-17,19,29-30,33-34H,11-14,18,20-23H2,1-3H3,(H2,41,42,50). The van der Waals surface area contributed by atoms with Gasteiger partial charge in [0, 0.05) is 76.8 Å². The number of fused-ring (bicyclic) bond motifs is 2. The van der Waals surface area contributed by atoms with Gasteiger partial charge in [-0.3, -0.25) is 19.3 Å². The van der Waals surface area contributed by atoms with Gasteiger partial charge in [0.05, 0.1) is 16.1 Å². The summed E-state index contributed by atoms with van der Waals surface area (Å²) in [5.74, 6) is -0.135. The number of carbonyl (C=O) groups is 4. The van der Waals surface area contributed by atoms with Crippen LogP contribution in [-0.2, 0) is 16.0 Å². The number of halogens is 2. The number of aryl methyl sites for hydroxylation is 2. The molecular formula is C38H44Cl2N6O4. The van der Waals surface area contributed by atoms with Crippen LogP contribution in [0, 0.1) is 13.8 Å². The van der Waals surface area contributed by atoms with Crippen LogP contribution in [0.1, 0.15) is 51.5 Å². The first-order valence-corrected chi connectivity index (χ1v) is 17.9. The molecule has 264 valence electrons. The van der Waals surface area contributed by atoms with E-state index in [1.165, 1.54) is 7.05 Å². The summed E-state index contributed by atoms with van der Waals surface area (Å²) in [4.78, 5) is 61.4. The Hall–Kier alpha value is -4.12. The van der Waals surface area contributed by atoms with Crippen LogP contribution in [0.5, 0.6) is 0 Å². The highest BCUT2D eigenvalue weighted by molar-refractivity contribution is 6.42. The fraction of sp³-hybridized carbons (Fsp3) is 0.421. The largest absolute Gasteiger partial charge is 0.341 e. The first-order chi connectivity index (χ1) is 24.0. The van der Waals surface area contributed by atoms with Gasteiger partial charge < -0.3 is 25.3 Å². The van der Waals surface area contributed by atoms with Crippen molar-refractivity contribution in [3.63, 3.8) is 0 Å². The quantitative estimate of drug-likeness (QED) is 0.329. The van der Waals surface area contributed by atoms with Crippen LogP contribution in [0.2, 0.25) is 10.0 Å². The van der Waals surface area contributed by atoms with Crippen LogP contribution >= 0.6 is 23.2 Å². The van der Waals surface area contributed by atoms with Gasteiger partial charge in [0.15, 0.2) is 0 Å². The second-order valence-corrected chi connectivity index (χ2v) is 14.5. The van der Waals surface area contributed by atoms with Crippen LogP contribution < -0.4 is 10.6 Å². The number of nitrogens with one attached hydrogen (secondary N) is 2. The smallest absolute Gasteiger partial charge is 0.315 e. The van der Waals surface area contributed by atoms with Gasteiger partial charge in [-0.05, 0) is 55.7 Å². The summed E-state index contributed by atoms with van der Waals surface area (Å²) in [6, 6.07) is 19.6. The zero-order valence-corrected chi connectivity index (χ0v) is 30.2. The molecule has 50 heavy (non-hydrogen) atoms. The Morgan fingerprint density at radius 1 is 0.840 bits per heavy atom. The van der Waals surface area contributed by atoms with Gasteiger partial charge >= 0.3 is 6.03 Å². The number of likely N-dealkylation sites (tertiary alicyclic amines) is 2. The number of hydrogen-bond acceptors (Lipinski definition) is 5. The number of rotatable bonds is 9. The van der Waals surface area contributed by atoms with Gasteiger partial charge in [0.25, 0.3) is 5.91 Å². The first kappa shape index (κ1) is 35.7. The molecule has 4 unspecified atom stereocenters. The van der Waals surface area contributed by atoms with Crippen LogP contribution in [0.25, 0.3) is 0 Å². The predicted molar refractivity (Wildman–Crippen MR) is 194 cm³/mol. The van der Waals surface area contributed by atoms with E-state index in [1.807, 2.05) is 83.1 Å². The molecule has 12 heteroatoms. The van der Waals surface area contributed by atoms with Crippen LogP contribution in [-0.4, -0.2) is 108 Å². The van der Waals surface area contributed by atoms with Crippen molar-refractivity contribution in [3.05, 3.63) is 105 Å². The molecule has 3 heterocycles. The summed E-state index contributed by atoms with van der Waals surface area (Å²) in [5, 5.41) is 6.24. The molecule has 3 aromatic rings. The van der Waals surface area contributed by atoms with E-state index in [9.17, 15) is 19.2 Å². The second kappa shape index (κ2) is 15.4. The van der Waals surface area contributed by atoms with Gasteiger partial charge in [0.1, 0.15) is 6.04 Å². The molecule has 0 aromatic heterocycles. The molecule has 3 aliphatic heterocycles. The molecule has 0 saturated carbocycles. The fourth-order valence-corrected chi connectivity index (χ4v) is 8.01. The minimum Gasteiger partial charge on any atom is -0.341 e. The van der Waals surface area contributed by atoms with Gasteiger partial charge in [0.2, 0.25) is 11.8 Å². The van der Waals surface area contributed by atoms with Crippen molar-refractivity contribution in [1.29, 1.82) is 0 Å². The molecule has 3 aromatic carbocycles. The zero-order chi connectivity index (χ0) is 35.5. The maximum Gasteiger partial charge on any atom is 0.315 e. The first-order valence-electron chi connectivity index (χ1n) is 17.2. The summed E-state index contributed by atoms with van der Waals surface area (Å²) in [6.45, 7) is 6.93. The van der Waals surface area contributed by atoms with Crippen molar-refractivity contribution in [2.24, 2.45) is 0 Å². The molecule has 6 rings (SSSR count). The molecule has 0 spiro atoms. The third-order valence-corrected chi connectivity index (χ3v) is 10.9. The summed E-state index contributed by atoms with van der Waals surface area (Å²) >= 11 is 12.7. The van der Waals surface area contributed by atoms with E-state index in [-0.39, 0.29) is 35.8 Å². The highest BCUT2D eigenvalue weighted by Crippen LogP contribution is 2.34. The average molecular weight is 720 g/mol. The third-order valence-electron chi connectivity index (χ3n) is 10.1. The van der Waals surface area contributed by atoms with Gasteiger partial charge in [-0.1, -0.05) is 76.8 Å². The van der Waals surface area contributed by atoms with Crippen molar-refractivity contribution < 1.29 is 19.2 Å². The summed E-state index contributed by atoms with van der Waals surface area (Å²) in [5.41, 5.74) is 4.50. The lowest BCUT2D eigenvalue weighted by Gasteiger charge is -2.42. The summed E-state index contributed by atoms with van der Waals surface area (Å²) < 4.78 is 0. The van der Waals surface area contributed by atoms with Crippen molar-refractivity contribution in [1.82, 2.24) is 30.2 Å². The lowest BCUT2D eigenvalue weighted by Crippen LogP contribution is -2.57. The molecule has 5 amide bonds. The number of piperazine rings is 2. The van der Waals surface area contributed by atoms with Gasteiger partial charge in [-0.15, -0.1) is 0 Å². The maximum absolute atomic E-state index is 13.9. The van der Waals surface area contributed by atoms with E-state index in [2.05, 4.69) is 15.5 Å². The SMILES string of the molecule is CNC(=O)NC(Cc1ccccc1)C(=O)N1CC2CC1CN2CCC(=O)N1CCN(C(=O)c2cc(C)cc(C)c2)CC1c1ccc(Cl)c(Cl)c1. The number of hydrogen-bond donors (Lipinski definition) is 2. The molecule has 3 saturated heterocycles. The highest BCUT2D eigenvalue weighted by atomic mass is 35.5. The normalized spacial score (nSPS) is 20.9. The van der Waals surface area contributed by atoms with E-state index < -0.39 is 12.1 Å². The molecule has 0 radical (unpaired) electrons. The molecule has 3 aliphatic rings. The molecule has 2 bridgehead atoms. The second-order valence-electron chi connectivity index (χ2n) is 13.6. The van der Waals surface area contributed by atoms with Crippen molar-refractivity contribution >= 4 is 47.0 Å². The van der Waals surface area contributed by atoms with E-state index in [1.54, 1.807) is 12.1 Å². The Labute approximate surface area is 303 Å². The minimum atomic E-state index is -0.675. The molecule has 2 N–H and O–H groups in total. The number of benzene rings is 3. The number of amides is 5. The Morgan fingerprint density at radius 2 is 1.58 bits per heavy atom. The number of urea groups is 1. The molecule has 0 aliphatic carbocycles. The lowest BCUT2D eigenvalue weighted by molar-refractivity contribution is -0.138. The van der Waals surface area contributed by atoms with E-state index in [0.29, 0.717) is 67.7 Å². The van der Waals surface area contributed by atoms with E-state index in [0.717, 1.165) is 28.7 Å². The van der Waals surface area contributed by atoms with Crippen molar-refractivity contribution in [2.75, 3.05) is 46.3 Å². The minimum absolute atomic E-state index is 0.00739. The topological polar surface area (TPSA) is 105 Å². The average Bonchev–Trinajstić information content (AvgIpc) is 3.72. The van der Waals surface area contributed by atoms with Gasteiger partial charge in [-0.2, -0.15) is 0 Å². The lowest BCUT2D eigenvalue weighted by atomic mass is 10.00. The number of carbonyl (C=O) groups excluding carboxylic acids is 4. The van der Waals surface area contributed by atoms with Crippen molar-refractivity contribution in [2.45, 2.75) is 57.3 Å². The highest BCUT2D eigenvalue weighted by Gasteiger charge is 2.46. The molecular weight excluding hydrogens is 675 g/mol. The Bertz CT molecular complexity index is 1740. The summed E-state index contributed by atoms with van der Waals surface area (Å²) in [7, 11) is 1.54. The number of nitrogens with zero attached hydrogens (tertiary/aromatic N) is 4.